The van der Waals surface area contributed by atoms with E-state index in [4.69, 9.17) is 0 Å². The minimum atomic E-state index is -4.62. The summed E-state index contributed by atoms with van der Waals surface area (Å²) in [4.78, 5) is 12.4. The number of anilines is 1. The van der Waals surface area contributed by atoms with Gasteiger partial charge in [0.1, 0.15) is 17.7 Å². The van der Waals surface area contributed by atoms with E-state index in [1.54, 1.807) is 24.3 Å². The molecule has 1 N–H and O–H groups in total. The molecule has 0 aliphatic heterocycles. The average molecular weight is 444 g/mol. The van der Waals surface area contributed by atoms with Crippen LogP contribution in [0, 0.1) is 5.82 Å². The minimum Gasteiger partial charge on any atom is -0.324 e. The number of hydrogen-bond donors (Lipinski definition) is 1. The average Bonchev–Trinajstić information content (AvgIpc) is 3.35. The van der Waals surface area contributed by atoms with Crippen molar-refractivity contribution in [1.29, 1.82) is 0 Å². The molecular formula is C21H16F4N6O. The summed E-state index contributed by atoms with van der Waals surface area (Å²) in [5.74, 6) is -1.33. The third-order valence-corrected chi connectivity index (χ3v) is 5.20. The quantitative estimate of drug-likeness (QED) is 0.466. The van der Waals surface area contributed by atoms with E-state index in [0.717, 1.165) is 29.7 Å². The molecule has 2 heterocycles. The molecule has 7 nitrogen and oxygen atoms in total. The van der Waals surface area contributed by atoms with Crippen molar-refractivity contribution in [2.24, 2.45) is 0 Å². The number of benzene rings is 2. The van der Waals surface area contributed by atoms with Crippen LogP contribution in [-0.2, 0) is 17.5 Å². The van der Waals surface area contributed by atoms with E-state index in [0.29, 0.717) is 16.7 Å². The van der Waals surface area contributed by atoms with E-state index < -0.39 is 23.6 Å². The molecule has 32 heavy (non-hydrogen) atoms. The molecule has 1 aliphatic carbocycles. The van der Waals surface area contributed by atoms with Crippen molar-refractivity contribution in [2.75, 3.05) is 5.32 Å². The molecular weight excluding hydrogens is 428 g/mol. The van der Waals surface area contributed by atoms with Crippen molar-refractivity contribution < 1.29 is 22.4 Å². The standard InChI is InChI=1S/C21H16F4N6O/c22-14-9-13(26-20(32)11-30-17-4-2-1-3-15(17)27-29-30)7-8-16(14)31-18(12-5-6-12)10-19(28-31)21(23,24)25/h1-4,7-10,12H,5-6,11H2,(H,26,32). The van der Waals surface area contributed by atoms with Gasteiger partial charge in [0, 0.05) is 17.3 Å². The Kier molecular flexibility index (Phi) is 4.68. The Hall–Kier alpha value is -3.76. The highest BCUT2D eigenvalue weighted by Crippen LogP contribution is 2.43. The molecule has 4 aromatic rings. The molecule has 0 atom stereocenters. The highest BCUT2D eigenvalue weighted by molar-refractivity contribution is 5.91. The number of rotatable bonds is 5. The zero-order chi connectivity index (χ0) is 22.5. The third-order valence-electron chi connectivity index (χ3n) is 5.20. The Morgan fingerprint density at radius 2 is 1.91 bits per heavy atom. The molecule has 1 amide bonds. The number of hydrogen-bond acceptors (Lipinski definition) is 4. The van der Waals surface area contributed by atoms with Gasteiger partial charge < -0.3 is 5.32 Å². The molecule has 2 aromatic carbocycles. The van der Waals surface area contributed by atoms with Crippen LogP contribution in [0.25, 0.3) is 16.7 Å². The molecule has 11 heteroatoms. The van der Waals surface area contributed by atoms with Gasteiger partial charge in [-0.3, -0.25) is 4.79 Å². The van der Waals surface area contributed by atoms with Gasteiger partial charge in [0.05, 0.1) is 5.52 Å². The first-order valence-electron chi connectivity index (χ1n) is 9.85. The maximum Gasteiger partial charge on any atom is 0.435 e. The number of nitrogens with one attached hydrogen (secondary N) is 1. The summed E-state index contributed by atoms with van der Waals surface area (Å²) in [6.07, 6.45) is -3.16. The monoisotopic (exact) mass is 444 g/mol. The molecule has 0 radical (unpaired) electrons. The summed E-state index contributed by atoms with van der Waals surface area (Å²) in [7, 11) is 0. The molecule has 0 unspecified atom stereocenters. The SMILES string of the molecule is O=C(Cn1nnc2ccccc21)Nc1ccc(-n2nc(C(F)(F)F)cc2C2CC2)c(F)c1. The molecule has 164 valence electrons. The zero-order valence-electron chi connectivity index (χ0n) is 16.5. The largest absolute Gasteiger partial charge is 0.435 e. The fourth-order valence-corrected chi connectivity index (χ4v) is 3.52. The van der Waals surface area contributed by atoms with Crippen LogP contribution >= 0.6 is 0 Å². The topological polar surface area (TPSA) is 77.6 Å². The Bertz CT molecular complexity index is 1320. The lowest BCUT2D eigenvalue weighted by atomic mass is 10.2. The lowest BCUT2D eigenvalue weighted by Gasteiger charge is -2.11. The molecule has 2 aromatic heterocycles. The fourth-order valence-electron chi connectivity index (χ4n) is 3.52. The predicted molar refractivity (Wildman–Crippen MR) is 107 cm³/mol. The maximum atomic E-state index is 14.8. The molecule has 1 saturated carbocycles. The first kappa shape index (κ1) is 20.2. The van der Waals surface area contributed by atoms with E-state index in [2.05, 4.69) is 20.7 Å². The van der Waals surface area contributed by atoms with Crippen molar-refractivity contribution in [1.82, 2.24) is 24.8 Å². The predicted octanol–water partition coefficient (Wildman–Crippen LogP) is 4.29. The summed E-state index contributed by atoms with van der Waals surface area (Å²) >= 11 is 0. The number of alkyl halides is 3. The lowest BCUT2D eigenvalue weighted by molar-refractivity contribution is -0.141. The van der Waals surface area contributed by atoms with E-state index in [1.165, 1.54) is 16.8 Å². The van der Waals surface area contributed by atoms with Gasteiger partial charge in [-0.2, -0.15) is 18.3 Å². The van der Waals surface area contributed by atoms with E-state index in [9.17, 15) is 22.4 Å². The van der Waals surface area contributed by atoms with Crippen LogP contribution in [0.1, 0.15) is 30.1 Å². The highest BCUT2D eigenvalue weighted by Gasteiger charge is 2.38. The van der Waals surface area contributed by atoms with Crippen molar-refractivity contribution in [3.63, 3.8) is 0 Å². The first-order valence-corrected chi connectivity index (χ1v) is 9.85. The van der Waals surface area contributed by atoms with E-state index in [1.807, 2.05) is 0 Å². The second kappa shape index (κ2) is 7.43. The van der Waals surface area contributed by atoms with Crippen molar-refractivity contribution >= 4 is 22.6 Å². The van der Waals surface area contributed by atoms with Gasteiger partial charge in [-0.15, -0.1) is 5.10 Å². The smallest absolute Gasteiger partial charge is 0.324 e. The van der Waals surface area contributed by atoms with Gasteiger partial charge in [0.15, 0.2) is 11.5 Å². The Labute approximate surface area is 178 Å². The molecule has 1 fully saturated rings. The Balaban J connectivity index is 1.37. The van der Waals surface area contributed by atoms with Crippen LogP contribution in [0.3, 0.4) is 0 Å². The van der Waals surface area contributed by atoms with Crippen LogP contribution in [-0.4, -0.2) is 30.7 Å². The number of halogens is 4. The van der Waals surface area contributed by atoms with E-state index >= 15 is 0 Å². The number of aromatic nitrogens is 5. The molecule has 5 rings (SSSR count). The van der Waals surface area contributed by atoms with Crippen molar-refractivity contribution in [3.05, 3.63) is 65.7 Å². The molecule has 1 aliphatic rings. The fraction of sp³-hybridized carbons (Fsp3) is 0.238. The third kappa shape index (κ3) is 3.81. The molecule has 0 saturated heterocycles. The number of para-hydroxylation sites is 1. The summed E-state index contributed by atoms with van der Waals surface area (Å²) < 4.78 is 56.6. The second-order valence-electron chi connectivity index (χ2n) is 7.59. The van der Waals surface area contributed by atoms with E-state index in [-0.39, 0.29) is 23.8 Å². The lowest BCUT2D eigenvalue weighted by Crippen LogP contribution is -2.19. The molecule has 0 bridgehead atoms. The number of amides is 1. The van der Waals surface area contributed by atoms with Gasteiger partial charge in [0.25, 0.3) is 0 Å². The van der Waals surface area contributed by atoms with Crippen LogP contribution in [0.2, 0.25) is 0 Å². The van der Waals surface area contributed by atoms with Crippen LogP contribution in [0.5, 0.6) is 0 Å². The van der Waals surface area contributed by atoms with Crippen molar-refractivity contribution in [2.45, 2.75) is 31.5 Å². The first-order chi connectivity index (χ1) is 15.3. The maximum absolute atomic E-state index is 14.8. The van der Waals surface area contributed by atoms with Crippen LogP contribution in [0.15, 0.2) is 48.5 Å². The van der Waals surface area contributed by atoms with Gasteiger partial charge in [0.2, 0.25) is 5.91 Å². The van der Waals surface area contributed by atoms with Gasteiger partial charge in [-0.05, 0) is 49.2 Å². The number of carbonyl (C=O) groups is 1. The normalized spacial score (nSPS) is 14.1. The highest BCUT2D eigenvalue weighted by atomic mass is 19.4. The number of carbonyl (C=O) groups excluding carboxylic acids is 1. The van der Waals surface area contributed by atoms with Crippen LogP contribution in [0.4, 0.5) is 23.2 Å². The van der Waals surface area contributed by atoms with Gasteiger partial charge >= 0.3 is 6.18 Å². The van der Waals surface area contributed by atoms with Gasteiger partial charge in [-0.25, -0.2) is 13.8 Å². The van der Waals surface area contributed by atoms with Crippen molar-refractivity contribution in [3.8, 4) is 5.69 Å². The van der Waals surface area contributed by atoms with Crippen LogP contribution < -0.4 is 5.32 Å². The molecule has 0 spiro atoms. The summed E-state index contributed by atoms with van der Waals surface area (Å²) in [6.45, 7) is -0.135. The minimum absolute atomic E-state index is 0.0742. The Morgan fingerprint density at radius 1 is 1.12 bits per heavy atom. The zero-order valence-corrected chi connectivity index (χ0v) is 16.5. The Morgan fingerprint density at radius 3 is 2.62 bits per heavy atom. The second-order valence-corrected chi connectivity index (χ2v) is 7.59. The summed E-state index contributed by atoms with van der Waals surface area (Å²) in [6, 6.07) is 11.9. The number of nitrogens with zero attached hydrogens (tertiary/aromatic N) is 5. The summed E-state index contributed by atoms with van der Waals surface area (Å²) in [5, 5.41) is 14.1. The number of fused-ring (bicyclic) bond motifs is 1. The van der Waals surface area contributed by atoms with Gasteiger partial charge in [-0.1, -0.05) is 17.3 Å². The summed E-state index contributed by atoms with van der Waals surface area (Å²) in [5.41, 5.74) is 0.636.